The molecule has 12 heteroatoms. The number of amides is 2. The summed E-state index contributed by atoms with van der Waals surface area (Å²) in [7, 11) is -0.196. The molecular weight excluding hydrogens is 448 g/mol. The Labute approximate surface area is 198 Å². The summed E-state index contributed by atoms with van der Waals surface area (Å²) in [6.07, 6.45) is -1.40. The number of benzene rings is 1. The Balaban J connectivity index is 2.16. The van der Waals surface area contributed by atoms with Crippen LogP contribution in [0.4, 0.5) is 5.82 Å². The van der Waals surface area contributed by atoms with Gasteiger partial charge in [0.05, 0.1) is 22.4 Å². The Morgan fingerprint density at radius 1 is 1.24 bits per heavy atom. The third-order valence-electron chi connectivity index (χ3n) is 4.48. The third-order valence-corrected chi connectivity index (χ3v) is 4.48. The average molecular weight is 480 g/mol. The normalized spacial score (nSPS) is 14.2. The minimum atomic E-state index is -1.62. The van der Waals surface area contributed by atoms with Gasteiger partial charge in [0.25, 0.3) is 5.91 Å². The maximum atomic E-state index is 12.7. The molecule has 0 spiro atoms. The molecule has 0 aliphatic carbocycles. The lowest BCUT2D eigenvalue weighted by Gasteiger charge is -2.24. The lowest BCUT2D eigenvalue weighted by Crippen LogP contribution is -2.36. The van der Waals surface area contributed by atoms with Gasteiger partial charge in [-0.1, -0.05) is 18.2 Å². The first-order valence-corrected chi connectivity index (χ1v) is 10.3. The number of rotatable bonds is 13. The van der Waals surface area contributed by atoms with Crippen LogP contribution in [0.2, 0.25) is 0 Å². The van der Waals surface area contributed by atoms with Gasteiger partial charge in [-0.2, -0.15) is 4.98 Å². The number of hydrogen-bond donors (Lipinski definition) is 3. The highest BCUT2D eigenvalue weighted by Gasteiger charge is 2.22. The molecule has 3 atom stereocenters. The molecule has 0 aliphatic heterocycles. The van der Waals surface area contributed by atoms with Crippen molar-refractivity contribution >= 4 is 23.6 Å². The van der Waals surface area contributed by atoms with Crippen molar-refractivity contribution in [3.8, 4) is 0 Å². The Morgan fingerprint density at radius 2 is 2.00 bits per heavy atom. The zero-order valence-electron chi connectivity index (χ0n) is 20.5. The number of carbonyl (C=O) groups excluding carboxylic acids is 3. The minimum Gasteiger partial charge on any atom is -0.461 e. The molecule has 1 aromatic carbocycles. The van der Waals surface area contributed by atoms with Crippen molar-refractivity contribution < 1.29 is 36.4 Å². The summed E-state index contributed by atoms with van der Waals surface area (Å²) in [5.41, 5.74) is -0.495. The summed E-state index contributed by atoms with van der Waals surface area (Å²) in [5.74, 6) is -1.59. The molecule has 0 bridgehead atoms. The third kappa shape index (κ3) is 8.39. The number of nitrogens with one attached hydrogen (secondary N) is 2. The van der Waals surface area contributed by atoms with Crippen molar-refractivity contribution in [3.05, 3.63) is 58.6 Å². The lowest BCUT2D eigenvalue weighted by molar-refractivity contribution is -0.160. The molecule has 3 N–H and O–H groups in total. The largest absolute Gasteiger partial charge is 0.461 e. The zero-order chi connectivity index (χ0) is 26.5. The Morgan fingerprint density at radius 3 is 2.65 bits per heavy atom. The van der Waals surface area contributed by atoms with Crippen LogP contribution < -0.4 is 16.3 Å². The van der Waals surface area contributed by atoms with Crippen LogP contribution in [-0.2, 0) is 23.8 Å². The fraction of sp³-hybridized carbons (Fsp3) is 0.409. The van der Waals surface area contributed by atoms with Gasteiger partial charge in [-0.3, -0.25) is 19.0 Å². The van der Waals surface area contributed by atoms with Gasteiger partial charge in [-0.15, -0.1) is 0 Å². The van der Waals surface area contributed by atoms with Crippen molar-refractivity contribution in [2.45, 2.75) is 25.2 Å². The maximum Gasteiger partial charge on any atom is 0.351 e. The van der Waals surface area contributed by atoms with E-state index < -0.39 is 50.2 Å². The summed E-state index contributed by atoms with van der Waals surface area (Å²) in [5, 5.41) is 14.5. The molecular formula is C22H28N4O8. The maximum absolute atomic E-state index is 12.7. The van der Waals surface area contributed by atoms with Crippen LogP contribution >= 0.6 is 0 Å². The van der Waals surface area contributed by atoms with Crippen LogP contribution in [0.15, 0.2) is 47.4 Å². The van der Waals surface area contributed by atoms with Crippen LogP contribution in [0.25, 0.3) is 0 Å². The fourth-order valence-electron chi connectivity index (χ4n) is 2.71. The lowest BCUT2D eigenvalue weighted by atomic mass is 10.2. The molecule has 2 rings (SSSR count). The van der Waals surface area contributed by atoms with Crippen LogP contribution in [0.5, 0.6) is 0 Å². The minimum absolute atomic E-state index is 0.0280. The molecule has 34 heavy (non-hydrogen) atoms. The van der Waals surface area contributed by atoms with Crippen LogP contribution in [0.1, 0.15) is 32.2 Å². The van der Waals surface area contributed by atoms with Crippen LogP contribution in [-0.4, -0.2) is 72.5 Å². The van der Waals surface area contributed by atoms with Crippen LogP contribution in [0.3, 0.4) is 0 Å². The van der Waals surface area contributed by atoms with Crippen molar-refractivity contribution in [1.82, 2.24) is 14.9 Å². The predicted octanol–water partition coefficient (Wildman–Crippen LogP) is 0.0875. The molecule has 2 amide bonds. The molecule has 12 nitrogen and oxygen atoms in total. The molecule has 0 radical (unpaired) electrons. The van der Waals surface area contributed by atoms with E-state index in [-0.39, 0.29) is 31.2 Å². The van der Waals surface area contributed by atoms with E-state index in [1.165, 1.54) is 19.3 Å². The number of nitrogens with zero attached hydrogens (tertiary/aromatic N) is 2. The van der Waals surface area contributed by atoms with Gasteiger partial charge < -0.3 is 30.0 Å². The van der Waals surface area contributed by atoms with Gasteiger partial charge >= 0.3 is 11.7 Å². The highest BCUT2D eigenvalue weighted by Crippen LogP contribution is 2.13. The van der Waals surface area contributed by atoms with Crippen molar-refractivity contribution in [3.63, 3.8) is 0 Å². The van der Waals surface area contributed by atoms with Crippen LogP contribution in [0, 0.1) is 0 Å². The molecule has 1 heterocycles. The fourth-order valence-corrected chi connectivity index (χ4v) is 2.71. The molecule has 0 saturated carbocycles. The summed E-state index contributed by atoms with van der Waals surface area (Å²) >= 11 is 0. The van der Waals surface area contributed by atoms with E-state index in [1.54, 1.807) is 30.3 Å². The summed E-state index contributed by atoms with van der Waals surface area (Å²) < 4.78 is 30.8. The number of aromatic nitrogens is 2. The highest BCUT2D eigenvalue weighted by atomic mass is 16.6. The van der Waals surface area contributed by atoms with Crippen molar-refractivity contribution in [1.29, 1.82) is 0 Å². The van der Waals surface area contributed by atoms with E-state index in [4.69, 9.17) is 17.0 Å². The first-order valence-electron chi connectivity index (χ1n) is 11.4. The SMILES string of the molecule is [2H]C([3H])OCC(CO)OC(COC(=O)CCC(=O)NC)n1ccc(NC(=O)c2ccccc2)nc1=O. The first-order chi connectivity index (χ1) is 17.2. The molecule has 0 aliphatic rings. The average Bonchev–Trinajstić information content (AvgIpc) is 2.87. The monoisotopic (exact) mass is 479 g/mol. The topological polar surface area (TPSA) is 158 Å². The van der Waals surface area contributed by atoms with Crippen molar-refractivity contribution in [2.75, 3.05) is 39.2 Å². The number of methoxy groups -OCH3 is 1. The van der Waals surface area contributed by atoms with E-state index in [0.717, 1.165) is 4.57 Å². The predicted molar refractivity (Wildman–Crippen MR) is 120 cm³/mol. The van der Waals surface area contributed by atoms with E-state index in [9.17, 15) is 24.3 Å². The molecule has 0 fully saturated rings. The van der Waals surface area contributed by atoms with Gasteiger partial charge in [-0.25, -0.2) is 4.79 Å². The number of ether oxygens (including phenoxy) is 3. The van der Waals surface area contributed by atoms with Gasteiger partial charge in [0.15, 0.2) is 6.23 Å². The first kappa shape index (κ1) is 23.5. The molecule has 1 aromatic heterocycles. The summed E-state index contributed by atoms with van der Waals surface area (Å²) in [4.78, 5) is 52.2. The quantitative estimate of drug-likeness (QED) is 0.339. The Kier molecular flexibility index (Phi) is 9.58. The summed E-state index contributed by atoms with van der Waals surface area (Å²) in [6, 6.07) is 9.63. The molecule has 2 aromatic rings. The second kappa shape index (κ2) is 13.8. The van der Waals surface area contributed by atoms with Gasteiger partial charge in [-0.05, 0) is 18.2 Å². The molecule has 184 valence electrons. The van der Waals surface area contributed by atoms with Crippen molar-refractivity contribution in [2.24, 2.45) is 0 Å². The standard InChI is InChI=1S/C22H28N4O8/c1-23-18(28)8-9-20(29)33-14-19(34-16(12-27)13-32-2)26-11-10-17(25-22(26)31)24-21(30)15-6-4-3-5-7-15/h3-7,10-11,16,19,27H,8-9,12-14H2,1-2H3,(H,23,28)(H,24,25,30,31)/i2TD. The van der Waals surface area contributed by atoms with E-state index in [1.807, 2.05) is 0 Å². The second-order valence-corrected chi connectivity index (χ2v) is 6.91. The van der Waals surface area contributed by atoms with Gasteiger partial charge in [0.1, 0.15) is 18.5 Å². The second-order valence-electron chi connectivity index (χ2n) is 6.91. The van der Waals surface area contributed by atoms with E-state index >= 15 is 0 Å². The van der Waals surface area contributed by atoms with Gasteiger partial charge in [0.2, 0.25) is 5.91 Å². The molecule has 0 saturated heterocycles. The smallest absolute Gasteiger partial charge is 0.351 e. The number of esters is 1. The number of aliphatic hydroxyl groups excluding tert-OH is 1. The molecule has 3 unspecified atom stereocenters. The number of carbonyl (C=O) groups is 3. The Bertz CT molecular complexity index is 1070. The number of hydrogen-bond acceptors (Lipinski definition) is 9. The van der Waals surface area contributed by atoms with Gasteiger partial charge in [0, 0.05) is 32.3 Å². The number of aliphatic hydroxyl groups is 1. The Hall–Kier alpha value is -3.61. The number of anilines is 1. The van der Waals surface area contributed by atoms with E-state index in [0.29, 0.717) is 5.56 Å². The summed E-state index contributed by atoms with van der Waals surface area (Å²) in [6.45, 7) is -1.41. The zero-order valence-corrected chi connectivity index (χ0v) is 18.5. The highest BCUT2D eigenvalue weighted by molar-refractivity contribution is 6.03. The van der Waals surface area contributed by atoms with E-state index in [2.05, 4.69) is 15.6 Å².